The van der Waals surface area contributed by atoms with E-state index in [2.05, 4.69) is 46.8 Å². The van der Waals surface area contributed by atoms with Gasteiger partial charge in [-0.3, -0.25) is 0 Å². The van der Waals surface area contributed by atoms with Crippen LogP contribution in [0.1, 0.15) is 172 Å². The third-order valence-electron chi connectivity index (χ3n) is 9.09. The minimum absolute atomic E-state index is 0.339. The predicted molar refractivity (Wildman–Crippen MR) is 208 cm³/mol. The van der Waals surface area contributed by atoms with Crippen LogP contribution >= 0.6 is 0 Å². The molecular formula is C44H66N2O4. The lowest BCUT2D eigenvalue weighted by molar-refractivity contribution is 0.293. The van der Waals surface area contributed by atoms with Crippen molar-refractivity contribution in [3.05, 3.63) is 46.5 Å². The number of ether oxygens (including phenoxy) is 4. The van der Waals surface area contributed by atoms with Gasteiger partial charge in [0.15, 0.2) is 0 Å². The monoisotopic (exact) mass is 687 g/mol. The normalized spacial score (nSPS) is 11.9. The standard InChI is InChI=1S/C44H66N2O4/c1-7-12-16-20-24-47-41-30-37(42(28-35(41)6)48-25-21-17-13-8-2)29-38(34-46)40-32-43(49-26-22-18-14-9-3)39(36(11-5)33-45)31-44(40)50-27-23-19-15-10-4/h28-32,36H,7-27H2,1-6H3/b38-29+. The Kier molecular flexibility index (Phi) is 22.3. The smallest absolute Gasteiger partial charge is 0.128 e. The van der Waals surface area contributed by atoms with Crippen LogP contribution in [0.25, 0.3) is 11.6 Å². The van der Waals surface area contributed by atoms with Gasteiger partial charge in [-0.25, -0.2) is 0 Å². The predicted octanol–water partition coefficient (Wildman–Crippen LogP) is 12.9. The summed E-state index contributed by atoms with van der Waals surface area (Å²) in [6.07, 6.45) is 20.2. The summed E-state index contributed by atoms with van der Waals surface area (Å²) < 4.78 is 25.5. The number of allylic oxidation sites excluding steroid dienone is 1. The van der Waals surface area contributed by atoms with Crippen molar-refractivity contribution in [2.45, 2.75) is 157 Å². The average Bonchev–Trinajstić information content (AvgIpc) is 3.12. The maximum absolute atomic E-state index is 10.7. The van der Waals surface area contributed by atoms with Crippen molar-refractivity contribution in [3.8, 4) is 35.1 Å². The lowest BCUT2D eigenvalue weighted by Crippen LogP contribution is -2.07. The fourth-order valence-corrected chi connectivity index (χ4v) is 5.92. The maximum atomic E-state index is 10.7. The Hall–Kier alpha value is -3.64. The summed E-state index contributed by atoms with van der Waals surface area (Å²) in [5.41, 5.74) is 3.75. The fraction of sp³-hybridized carbons (Fsp3) is 0.636. The van der Waals surface area contributed by atoms with E-state index in [9.17, 15) is 10.5 Å². The van der Waals surface area contributed by atoms with E-state index in [-0.39, 0.29) is 5.92 Å². The molecule has 2 aromatic rings. The first kappa shape index (κ1) is 42.5. The van der Waals surface area contributed by atoms with Crippen LogP contribution in [0.4, 0.5) is 0 Å². The highest BCUT2D eigenvalue weighted by Gasteiger charge is 2.22. The summed E-state index contributed by atoms with van der Waals surface area (Å²) in [5.74, 6) is 2.47. The Balaban J connectivity index is 2.66. The molecule has 0 saturated carbocycles. The summed E-state index contributed by atoms with van der Waals surface area (Å²) in [4.78, 5) is 0. The minimum atomic E-state index is -0.339. The van der Waals surface area contributed by atoms with E-state index in [0.717, 1.165) is 105 Å². The van der Waals surface area contributed by atoms with Crippen LogP contribution in [-0.4, -0.2) is 26.4 Å². The number of benzene rings is 2. The molecule has 0 heterocycles. The van der Waals surface area contributed by atoms with E-state index >= 15 is 0 Å². The van der Waals surface area contributed by atoms with Crippen LogP contribution in [0.2, 0.25) is 0 Å². The molecule has 6 heteroatoms. The van der Waals surface area contributed by atoms with Crippen LogP contribution < -0.4 is 18.9 Å². The van der Waals surface area contributed by atoms with Gasteiger partial charge in [-0.05, 0) is 74.9 Å². The largest absolute Gasteiger partial charge is 0.493 e. The van der Waals surface area contributed by atoms with Gasteiger partial charge >= 0.3 is 0 Å². The summed E-state index contributed by atoms with van der Waals surface area (Å²) in [6, 6.07) is 12.9. The first-order valence-corrected chi connectivity index (χ1v) is 19.8. The van der Waals surface area contributed by atoms with Crippen molar-refractivity contribution >= 4 is 11.6 Å². The summed E-state index contributed by atoms with van der Waals surface area (Å²) in [7, 11) is 0. The second-order valence-electron chi connectivity index (χ2n) is 13.4. The van der Waals surface area contributed by atoms with Crippen molar-refractivity contribution in [3.63, 3.8) is 0 Å². The van der Waals surface area contributed by atoms with E-state index in [4.69, 9.17) is 18.9 Å². The molecule has 0 bridgehead atoms. The van der Waals surface area contributed by atoms with E-state index in [0.29, 0.717) is 55.5 Å². The lowest BCUT2D eigenvalue weighted by atomic mass is 9.92. The molecule has 0 radical (unpaired) electrons. The molecule has 0 amide bonds. The quantitative estimate of drug-likeness (QED) is 0.0503. The van der Waals surface area contributed by atoms with Crippen molar-refractivity contribution < 1.29 is 18.9 Å². The molecule has 1 unspecified atom stereocenters. The molecule has 0 aliphatic carbocycles. The van der Waals surface area contributed by atoms with Gasteiger partial charge in [0.25, 0.3) is 0 Å². The molecule has 6 nitrogen and oxygen atoms in total. The lowest BCUT2D eigenvalue weighted by Gasteiger charge is -2.20. The number of aryl methyl sites for hydroxylation is 1. The Morgan fingerprint density at radius 2 is 1.06 bits per heavy atom. The molecule has 0 aromatic heterocycles. The van der Waals surface area contributed by atoms with Crippen molar-refractivity contribution in [1.29, 1.82) is 10.5 Å². The Labute approximate surface area is 305 Å². The Bertz CT molecular complexity index is 1350. The second-order valence-corrected chi connectivity index (χ2v) is 13.4. The van der Waals surface area contributed by atoms with Gasteiger partial charge in [0.2, 0.25) is 0 Å². The zero-order valence-electron chi connectivity index (χ0n) is 32.3. The molecule has 50 heavy (non-hydrogen) atoms. The van der Waals surface area contributed by atoms with Gasteiger partial charge in [-0.1, -0.05) is 112 Å². The van der Waals surface area contributed by atoms with Gasteiger partial charge in [0.05, 0.1) is 50.1 Å². The summed E-state index contributed by atoms with van der Waals surface area (Å²) in [5, 5.41) is 20.8. The average molecular weight is 687 g/mol. The van der Waals surface area contributed by atoms with Crippen LogP contribution in [0.5, 0.6) is 23.0 Å². The zero-order chi connectivity index (χ0) is 36.4. The molecule has 0 N–H and O–H groups in total. The first-order chi connectivity index (χ1) is 24.5. The van der Waals surface area contributed by atoms with Crippen LogP contribution in [0.15, 0.2) is 24.3 Å². The Morgan fingerprint density at radius 1 is 0.580 bits per heavy atom. The molecule has 0 spiro atoms. The van der Waals surface area contributed by atoms with Crippen LogP contribution in [0.3, 0.4) is 0 Å². The number of nitrogens with zero attached hydrogens (tertiary/aromatic N) is 2. The molecule has 0 aliphatic heterocycles. The molecule has 0 fully saturated rings. The molecule has 2 aromatic carbocycles. The maximum Gasteiger partial charge on any atom is 0.128 e. The van der Waals surface area contributed by atoms with E-state index in [1.807, 2.05) is 37.3 Å². The van der Waals surface area contributed by atoms with Crippen LogP contribution in [0, 0.1) is 29.6 Å². The highest BCUT2D eigenvalue weighted by atomic mass is 16.5. The molecule has 1 atom stereocenters. The molecular weight excluding hydrogens is 620 g/mol. The van der Waals surface area contributed by atoms with Crippen molar-refractivity contribution in [2.24, 2.45) is 0 Å². The van der Waals surface area contributed by atoms with Crippen LogP contribution in [-0.2, 0) is 0 Å². The Morgan fingerprint density at radius 3 is 1.52 bits per heavy atom. The van der Waals surface area contributed by atoms with E-state index in [1.54, 1.807) is 0 Å². The highest BCUT2D eigenvalue weighted by molar-refractivity contribution is 5.93. The van der Waals surface area contributed by atoms with Crippen molar-refractivity contribution in [2.75, 3.05) is 26.4 Å². The summed E-state index contributed by atoms with van der Waals surface area (Å²) in [6.45, 7) is 15.2. The topological polar surface area (TPSA) is 84.5 Å². The molecule has 2 rings (SSSR count). The molecule has 276 valence electrons. The third-order valence-corrected chi connectivity index (χ3v) is 9.09. The second kappa shape index (κ2) is 26.2. The van der Waals surface area contributed by atoms with E-state index < -0.39 is 0 Å². The summed E-state index contributed by atoms with van der Waals surface area (Å²) >= 11 is 0. The molecule has 0 saturated heterocycles. The molecule has 0 aliphatic rings. The number of rotatable bonds is 28. The van der Waals surface area contributed by atoms with Gasteiger partial charge in [0.1, 0.15) is 23.0 Å². The van der Waals surface area contributed by atoms with Gasteiger partial charge in [-0.2, -0.15) is 10.5 Å². The fourth-order valence-electron chi connectivity index (χ4n) is 5.92. The van der Waals surface area contributed by atoms with E-state index in [1.165, 1.54) is 25.7 Å². The number of unbranched alkanes of at least 4 members (excludes halogenated alkanes) is 12. The first-order valence-electron chi connectivity index (χ1n) is 19.8. The third kappa shape index (κ3) is 15.1. The highest BCUT2D eigenvalue weighted by Crippen LogP contribution is 2.40. The number of hydrogen-bond acceptors (Lipinski definition) is 6. The zero-order valence-corrected chi connectivity index (χ0v) is 32.3. The minimum Gasteiger partial charge on any atom is -0.493 e. The van der Waals surface area contributed by atoms with Gasteiger partial charge < -0.3 is 18.9 Å². The van der Waals surface area contributed by atoms with Crippen molar-refractivity contribution in [1.82, 2.24) is 0 Å². The number of hydrogen-bond donors (Lipinski definition) is 0. The number of nitriles is 2. The SMILES string of the molecule is CCCCCCOc1cc(/C=C(\C#N)c2cc(OCCCCCC)c(C(C#N)CC)cc2OCCCCCC)c(OCCCCCC)cc1C. The van der Waals surface area contributed by atoms with Gasteiger partial charge in [-0.15, -0.1) is 0 Å². The van der Waals surface area contributed by atoms with Gasteiger partial charge in [0, 0.05) is 16.7 Å².